The van der Waals surface area contributed by atoms with E-state index in [-0.39, 0.29) is 0 Å². The van der Waals surface area contributed by atoms with Crippen LogP contribution in [0.1, 0.15) is 49.8 Å². The van der Waals surface area contributed by atoms with E-state index < -0.39 is 0 Å². The molecule has 0 saturated carbocycles. The van der Waals surface area contributed by atoms with Crippen LogP contribution in [0.15, 0.2) is 18.2 Å². The Morgan fingerprint density at radius 2 is 1.82 bits per heavy atom. The lowest BCUT2D eigenvalue weighted by Gasteiger charge is -2.18. The van der Waals surface area contributed by atoms with Crippen molar-refractivity contribution in [1.29, 1.82) is 0 Å². The zero-order chi connectivity index (χ0) is 12.3. The largest absolute Gasteiger partial charge is 0.0887 e. The van der Waals surface area contributed by atoms with Crippen molar-refractivity contribution in [3.8, 4) is 0 Å². The maximum absolute atomic E-state index is 3.81. The first-order chi connectivity index (χ1) is 8.15. The zero-order valence-corrected chi connectivity index (χ0v) is 12.6. The molecule has 1 aliphatic carbocycles. The molecule has 0 aliphatic heterocycles. The molecule has 1 heteroatoms. The molecule has 1 atom stereocenters. The summed E-state index contributed by atoms with van der Waals surface area (Å²) in [6.45, 7) is 4.59. The average Bonchev–Trinajstić information content (AvgIpc) is 2.27. The van der Waals surface area contributed by atoms with Crippen molar-refractivity contribution in [2.45, 2.75) is 57.2 Å². The molecule has 17 heavy (non-hydrogen) atoms. The van der Waals surface area contributed by atoms with Gasteiger partial charge in [0.05, 0.1) is 0 Å². The van der Waals surface area contributed by atoms with E-state index in [4.69, 9.17) is 0 Å². The minimum Gasteiger partial charge on any atom is -0.0887 e. The van der Waals surface area contributed by atoms with Gasteiger partial charge >= 0.3 is 0 Å². The van der Waals surface area contributed by atoms with Crippen LogP contribution in [0, 0.1) is 5.92 Å². The standard InChI is InChI=1S/C16H23Br/c1-12(2)9-16(17)11-13-7-8-14-5-3-4-6-15(14)10-13/h7-8,10,12,16H,3-6,9,11H2,1-2H3. The fraction of sp³-hybridized carbons (Fsp3) is 0.625. The van der Waals surface area contributed by atoms with E-state index in [1.165, 1.54) is 44.1 Å². The SMILES string of the molecule is CC(C)CC(Br)Cc1ccc2c(c1)CCCC2. The van der Waals surface area contributed by atoms with Crippen LogP contribution in [0.2, 0.25) is 0 Å². The summed E-state index contributed by atoms with van der Waals surface area (Å²) >= 11 is 3.81. The van der Waals surface area contributed by atoms with Gasteiger partial charge in [0.25, 0.3) is 0 Å². The smallest absolute Gasteiger partial charge is 0.0188 e. The van der Waals surface area contributed by atoms with Crippen molar-refractivity contribution < 1.29 is 0 Å². The Balaban J connectivity index is 2.01. The fourth-order valence-electron chi connectivity index (χ4n) is 2.76. The first-order valence-corrected chi connectivity index (χ1v) is 7.81. The molecule has 0 nitrogen and oxygen atoms in total. The van der Waals surface area contributed by atoms with Crippen LogP contribution in [0.3, 0.4) is 0 Å². The molecule has 1 unspecified atom stereocenters. The number of fused-ring (bicyclic) bond motifs is 1. The van der Waals surface area contributed by atoms with Crippen molar-refractivity contribution in [3.63, 3.8) is 0 Å². The van der Waals surface area contributed by atoms with Crippen molar-refractivity contribution in [2.24, 2.45) is 5.92 Å². The third kappa shape index (κ3) is 3.84. The lowest BCUT2D eigenvalue weighted by molar-refractivity contribution is 0.570. The van der Waals surface area contributed by atoms with Gasteiger partial charge in [-0.25, -0.2) is 0 Å². The van der Waals surface area contributed by atoms with Gasteiger partial charge in [-0.1, -0.05) is 48.0 Å². The second-order valence-corrected chi connectivity index (χ2v) is 7.04. The van der Waals surface area contributed by atoms with E-state index in [0.717, 1.165) is 5.92 Å². The zero-order valence-electron chi connectivity index (χ0n) is 11.0. The van der Waals surface area contributed by atoms with Gasteiger partial charge in [0, 0.05) is 4.83 Å². The maximum atomic E-state index is 3.81. The third-order valence-corrected chi connectivity index (χ3v) is 4.29. The number of benzene rings is 1. The summed E-state index contributed by atoms with van der Waals surface area (Å²) in [6.07, 6.45) is 7.77. The van der Waals surface area contributed by atoms with Crippen LogP contribution >= 0.6 is 15.9 Å². The monoisotopic (exact) mass is 294 g/mol. The van der Waals surface area contributed by atoms with E-state index in [9.17, 15) is 0 Å². The van der Waals surface area contributed by atoms with E-state index in [0.29, 0.717) is 4.83 Å². The molecule has 0 fully saturated rings. The molecule has 0 aromatic heterocycles. The molecule has 0 spiro atoms. The second kappa shape index (κ2) is 6.04. The Morgan fingerprint density at radius 1 is 1.12 bits per heavy atom. The topological polar surface area (TPSA) is 0 Å². The first-order valence-electron chi connectivity index (χ1n) is 6.90. The number of rotatable bonds is 4. The van der Waals surface area contributed by atoms with Gasteiger partial charge < -0.3 is 0 Å². The van der Waals surface area contributed by atoms with Gasteiger partial charge in [-0.15, -0.1) is 0 Å². The lowest BCUT2D eigenvalue weighted by atomic mass is 9.89. The fourth-order valence-corrected chi connectivity index (χ4v) is 3.89. The van der Waals surface area contributed by atoms with Crippen molar-refractivity contribution in [3.05, 3.63) is 34.9 Å². The Morgan fingerprint density at radius 3 is 2.53 bits per heavy atom. The molecular formula is C16H23Br. The number of alkyl halides is 1. The summed E-state index contributed by atoms with van der Waals surface area (Å²) in [5.74, 6) is 0.775. The highest BCUT2D eigenvalue weighted by Gasteiger charge is 2.12. The second-order valence-electron chi connectivity index (χ2n) is 5.74. The molecule has 94 valence electrons. The molecule has 0 radical (unpaired) electrons. The van der Waals surface area contributed by atoms with Crippen molar-refractivity contribution >= 4 is 15.9 Å². The first kappa shape index (κ1) is 13.1. The summed E-state index contributed by atoms with van der Waals surface area (Å²) in [6, 6.07) is 7.14. The minimum atomic E-state index is 0.629. The number of halogens is 1. The number of hydrogen-bond donors (Lipinski definition) is 0. The molecule has 1 aromatic rings. The Bertz CT molecular complexity index is 368. The van der Waals surface area contributed by atoms with Crippen molar-refractivity contribution in [1.82, 2.24) is 0 Å². The normalized spacial score (nSPS) is 16.9. The van der Waals surface area contributed by atoms with Crippen LogP contribution < -0.4 is 0 Å². The summed E-state index contributed by atoms with van der Waals surface area (Å²) in [5.41, 5.74) is 4.71. The van der Waals surface area contributed by atoms with Crippen LogP contribution in [-0.2, 0) is 19.3 Å². The van der Waals surface area contributed by atoms with E-state index in [1.807, 2.05) is 0 Å². The summed E-state index contributed by atoms with van der Waals surface area (Å²) < 4.78 is 0. The molecule has 0 amide bonds. The highest BCUT2D eigenvalue weighted by molar-refractivity contribution is 9.09. The molecule has 0 saturated heterocycles. The molecule has 0 bridgehead atoms. The van der Waals surface area contributed by atoms with Crippen LogP contribution in [0.5, 0.6) is 0 Å². The Hall–Kier alpha value is -0.300. The summed E-state index contributed by atoms with van der Waals surface area (Å²) in [4.78, 5) is 0.629. The van der Waals surface area contributed by atoms with Gasteiger partial charge in [0.2, 0.25) is 0 Å². The van der Waals surface area contributed by atoms with E-state index in [1.54, 1.807) is 11.1 Å². The lowest BCUT2D eigenvalue weighted by Crippen LogP contribution is -2.08. The highest BCUT2D eigenvalue weighted by Crippen LogP contribution is 2.24. The molecule has 0 heterocycles. The molecule has 2 rings (SSSR count). The maximum Gasteiger partial charge on any atom is 0.0188 e. The van der Waals surface area contributed by atoms with E-state index in [2.05, 4.69) is 48.0 Å². The van der Waals surface area contributed by atoms with Gasteiger partial charge in [-0.2, -0.15) is 0 Å². The van der Waals surface area contributed by atoms with Crippen LogP contribution in [-0.4, -0.2) is 4.83 Å². The van der Waals surface area contributed by atoms with Gasteiger partial charge in [0.15, 0.2) is 0 Å². The molecular weight excluding hydrogens is 272 g/mol. The highest BCUT2D eigenvalue weighted by atomic mass is 79.9. The quantitative estimate of drug-likeness (QED) is 0.692. The minimum absolute atomic E-state index is 0.629. The summed E-state index contributed by atoms with van der Waals surface area (Å²) in [7, 11) is 0. The Labute approximate surface area is 114 Å². The van der Waals surface area contributed by atoms with Gasteiger partial charge in [-0.3, -0.25) is 0 Å². The summed E-state index contributed by atoms with van der Waals surface area (Å²) in [5, 5.41) is 0. The van der Waals surface area contributed by atoms with Crippen molar-refractivity contribution in [2.75, 3.05) is 0 Å². The molecule has 1 aliphatic rings. The van der Waals surface area contributed by atoms with Gasteiger partial charge in [0.1, 0.15) is 0 Å². The predicted molar refractivity (Wildman–Crippen MR) is 79.0 cm³/mol. The average molecular weight is 295 g/mol. The third-order valence-electron chi connectivity index (χ3n) is 3.60. The van der Waals surface area contributed by atoms with Gasteiger partial charge in [-0.05, 0) is 61.1 Å². The number of hydrogen-bond acceptors (Lipinski definition) is 0. The van der Waals surface area contributed by atoms with E-state index >= 15 is 0 Å². The predicted octanol–water partition coefficient (Wildman–Crippen LogP) is 4.92. The van der Waals surface area contributed by atoms with Crippen LogP contribution in [0.25, 0.3) is 0 Å². The number of aryl methyl sites for hydroxylation is 2. The van der Waals surface area contributed by atoms with Crippen LogP contribution in [0.4, 0.5) is 0 Å². The molecule has 1 aromatic carbocycles. The Kier molecular flexibility index (Phi) is 4.67. The molecule has 0 N–H and O–H groups in total.